The fourth-order valence-electron chi connectivity index (χ4n) is 2.57. The summed E-state index contributed by atoms with van der Waals surface area (Å²) in [6.07, 6.45) is 0. The van der Waals surface area contributed by atoms with E-state index in [9.17, 15) is 19.7 Å². The lowest BCUT2D eigenvalue weighted by molar-refractivity contribution is -0.384. The zero-order chi connectivity index (χ0) is 20.8. The standard InChI is InChI=1S/C22H18N2O5/c1-15-5-7-16(8-6-15)21(25)14-29-20-11-9-18(10-12-20)23-22(26)17-3-2-4-19(13-17)24(27)28/h2-13H,14H2,1H3,(H,23,26). The molecule has 3 rings (SSSR count). The molecule has 29 heavy (non-hydrogen) atoms. The predicted octanol–water partition coefficient (Wildman–Crippen LogP) is 4.42. The second-order valence-electron chi connectivity index (χ2n) is 6.36. The Labute approximate surface area is 167 Å². The average Bonchev–Trinajstić information content (AvgIpc) is 2.73. The maximum Gasteiger partial charge on any atom is 0.270 e. The summed E-state index contributed by atoms with van der Waals surface area (Å²) in [5.74, 6) is -0.108. The number of non-ortho nitro benzene ring substituents is 1. The van der Waals surface area contributed by atoms with Crippen molar-refractivity contribution >= 4 is 23.1 Å². The monoisotopic (exact) mass is 390 g/mol. The summed E-state index contributed by atoms with van der Waals surface area (Å²) in [5, 5.41) is 13.5. The Hall–Kier alpha value is -4.00. The Bertz CT molecular complexity index is 1040. The number of nitro benzene ring substituents is 1. The topological polar surface area (TPSA) is 98.5 Å². The largest absolute Gasteiger partial charge is 0.485 e. The Morgan fingerprint density at radius 3 is 2.31 bits per heavy atom. The maximum atomic E-state index is 12.3. The van der Waals surface area contributed by atoms with Crippen LogP contribution < -0.4 is 10.1 Å². The number of ketones is 1. The van der Waals surface area contributed by atoms with Gasteiger partial charge in [-0.2, -0.15) is 0 Å². The summed E-state index contributed by atoms with van der Waals surface area (Å²) in [5.41, 5.74) is 2.18. The van der Waals surface area contributed by atoms with E-state index in [-0.39, 0.29) is 23.6 Å². The van der Waals surface area contributed by atoms with Crippen molar-refractivity contribution in [3.63, 3.8) is 0 Å². The first kappa shape index (κ1) is 19.8. The third-order valence-electron chi connectivity index (χ3n) is 4.17. The fourth-order valence-corrected chi connectivity index (χ4v) is 2.57. The zero-order valence-corrected chi connectivity index (χ0v) is 15.6. The highest BCUT2D eigenvalue weighted by atomic mass is 16.6. The van der Waals surface area contributed by atoms with Gasteiger partial charge >= 0.3 is 0 Å². The summed E-state index contributed by atoms with van der Waals surface area (Å²) in [6, 6.07) is 19.2. The minimum Gasteiger partial charge on any atom is -0.485 e. The molecule has 0 saturated heterocycles. The molecule has 0 bridgehead atoms. The second kappa shape index (κ2) is 8.79. The van der Waals surface area contributed by atoms with Gasteiger partial charge in [0.2, 0.25) is 0 Å². The van der Waals surface area contributed by atoms with Gasteiger partial charge in [0.05, 0.1) is 4.92 Å². The number of benzene rings is 3. The molecule has 3 aromatic rings. The number of ether oxygens (including phenoxy) is 1. The van der Waals surface area contributed by atoms with Crippen molar-refractivity contribution in [1.82, 2.24) is 0 Å². The Balaban J connectivity index is 1.58. The number of nitro groups is 1. The maximum absolute atomic E-state index is 12.3. The minimum absolute atomic E-state index is 0.0948. The molecule has 0 aromatic heterocycles. The number of hydrogen-bond donors (Lipinski definition) is 1. The summed E-state index contributed by atoms with van der Waals surface area (Å²) in [6.45, 7) is 1.85. The Morgan fingerprint density at radius 2 is 1.66 bits per heavy atom. The number of carbonyl (C=O) groups is 2. The van der Waals surface area contributed by atoms with Crippen LogP contribution in [-0.4, -0.2) is 23.2 Å². The SMILES string of the molecule is Cc1ccc(C(=O)COc2ccc(NC(=O)c3cccc([N+](=O)[O-])c3)cc2)cc1. The van der Waals surface area contributed by atoms with E-state index in [2.05, 4.69) is 5.32 Å². The molecule has 7 nitrogen and oxygen atoms in total. The molecule has 0 aliphatic heterocycles. The van der Waals surface area contributed by atoms with Crippen LogP contribution in [0.5, 0.6) is 5.75 Å². The predicted molar refractivity (Wildman–Crippen MR) is 108 cm³/mol. The smallest absolute Gasteiger partial charge is 0.270 e. The Morgan fingerprint density at radius 1 is 0.966 bits per heavy atom. The van der Waals surface area contributed by atoms with Crippen LogP contribution in [0.2, 0.25) is 0 Å². The number of Topliss-reactive ketones (excluding diaryl/α,β-unsaturated/α-hetero) is 1. The first-order valence-electron chi connectivity index (χ1n) is 8.81. The highest BCUT2D eigenvalue weighted by Gasteiger charge is 2.12. The number of aryl methyl sites for hydroxylation is 1. The van der Waals surface area contributed by atoms with E-state index in [0.29, 0.717) is 17.0 Å². The molecule has 1 N–H and O–H groups in total. The van der Waals surface area contributed by atoms with Gasteiger partial charge in [-0.25, -0.2) is 0 Å². The van der Waals surface area contributed by atoms with E-state index in [4.69, 9.17) is 4.74 Å². The zero-order valence-electron chi connectivity index (χ0n) is 15.6. The number of amides is 1. The number of hydrogen-bond acceptors (Lipinski definition) is 5. The number of nitrogens with one attached hydrogen (secondary N) is 1. The van der Waals surface area contributed by atoms with Crippen LogP contribution in [0.3, 0.4) is 0 Å². The van der Waals surface area contributed by atoms with Crippen LogP contribution in [0, 0.1) is 17.0 Å². The van der Waals surface area contributed by atoms with E-state index in [1.165, 1.54) is 24.3 Å². The lowest BCUT2D eigenvalue weighted by atomic mass is 10.1. The molecule has 0 unspecified atom stereocenters. The highest BCUT2D eigenvalue weighted by molar-refractivity contribution is 6.04. The van der Waals surface area contributed by atoms with Gasteiger partial charge in [-0.1, -0.05) is 35.9 Å². The highest BCUT2D eigenvalue weighted by Crippen LogP contribution is 2.18. The van der Waals surface area contributed by atoms with Gasteiger partial charge < -0.3 is 10.1 Å². The molecule has 0 aliphatic carbocycles. The van der Waals surface area contributed by atoms with Crippen LogP contribution in [0.25, 0.3) is 0 Å². The third kappa shape index (κ3) is 5.26. The van der Waals surface area contributed by atoms with Crippen molar-refractivity contribution in [2.75, 3.05) is 11.9 Å². The van der Waals surface area contributed by atoms with Crippen LogP contribution in [0.1, 0.15) is 26.3 Å². The van der Waals surface area contributed by atoms with Crippen molar-refractivity contribution in [1.29, 1.82) is 0 Å². The number of anilines is 1. The van der Waals surface area contributed by atoms with Gasteiger partial charge in [-0.05, 0) is 37.3 Å². The van der Waals surface area contributed by atoms with Gasteiger partial charge in [0.1, 0.15) is 5.75 Å². The van der Waals surface area contributed by atoms with Gasteiger partial charge in [0, 0.05) is 28.9 Å². The first-order chi connectivity index (χ1) is 13.9. The van der Waals surface area contributed by atoms with Crippen molar-refractivity contribution in [3.8, 4) is 5.75 Å². The van der Waals surface area contributed by atoms with E-state index < -0.39 is 10.8 Å². The number of nitrogens with zero attached hydrogens (tertiary/aromatic N) is 1. The molecule has 0 atom stereocenters. The minimum atomic E-state index is -0.555. The molecule has 0 radical (unpaired) electrons. The van der Waals surface area contributed by atoms with E-state index >= 15 is 0 Å². The van der Waals surface area contributed by atoms with Gasteiger partial charge in [-0.15, -0.1) is 0 Å². The lowest BCUT2D eigenvalue weighted by Gasteiger charge is -2.08. The van der Waals surface area contributed by atoms with Gasteiger partial charge in [-0.3, -0.25) is 19.7 Å². The fraction of sp³-hybridized carbons (Fsp3) is 0.0909. The molecule has 0 saturated carbocycles. The molecule has 0 fully saturated rings. The summed E-state index contributed by atoms with van der Waals surface area (Å²) in [7, 11) is 0. The summed E-state index contributed by atoms with van der Waals surface area (Å²) in [4.78, 5) is 34.7. The quantitative estimate of drug-likeness (QED) is 0.366. The van der Waals surface area contributed by atoms with Crippen LogP contribution >= 0.6 is 0 Å². The van der Waals surface area contributed by atoms with Crippen LogP contribution in [0.4, 0.5) is 11.4 Å². The lowest BCUT2D eigenvalue weighted by Crippen LogP contribution is -2.13. The van der Waals surface area contributed by atoms with E-state index in [1.54, 1.807) is 36.4 Å². The molecule has 1 amide bonds. The Kier molecular flexibility index (Phi) is 5.99. The number of rotatable bonds is 7. The van der Waals surface area contributed by atoms with Crippen molar-refractivity contribution in [2.24, 2.45) is 0 Å². The molecular formula is C22H18N2O5. The second-order valence-corrected chi connectivity index (χ2v) is 6.36. The van der Waals surface area contributed by atoms with Crippen molar-refractivity contribution in [3.05, 3.63) is 99.6 Å². The molecular weight excluding hydrogens is 372 g/mol. The normalized spacial score (nSPS) is 10.2. The van der Waals surface area contributed by atoms with Crippen LogP contribution in [0.15, 0.2) is 72.8 Å². The number of carbonyl (C=O) groups excluding carboxylic acids is 2. The van der Waals surface area contributed by atoms with E-state index in [0.717, 1.165) is 5.56 Å². The molecule has 3 aromatic carbocycles. The summed E-state index contributed by atoms with van der Waals surface area (Å²) < 4.78 is 5.50. The molecule has 0 heterocycles. The summed E-state index contributed by atoms with van der Waals surface area (Å²) >= 11 is 0. The first-order valence-corrected chi connectivity index (χ1v) is 8.81. The molecule has 7 heteroatoms. The third-order valence-corrected chi connectivity index (χ3v) is 4.17. The van der Waals surface area contributed by atoms with Crippen molar-refractivity contribution < 1.29 is 19.2 Å². The van der Waals surface area contributed by atoms with Gasteiger partial charge in [0.15, 0.2) is 12.4 Å². The molecule has 0 spiro atoms. The van der Waals surface area contributed by atoms with Gasteiger partial charge in [0.25, 0.3) is 11.6 Å². The molecule has 0 aliphatic rings. The molecule has 146 valence electrons. The van der Waals surface area contributed by atoms with Crippen LogP contribution in [-0.2, 0) is 0 Å². The van der Waals surface area contributed by atoms with E-state index in [1.807, 2.05) is 19.1 Å². The van der Waals surface area contributed by atoms with Crippen molar-refractivity contribution in [2.45, 2.75) is 6.92 Å². The average molecular weight is 390 g/mol.